The standard InChI is InChI=1S/C18H29N3O2/c1-18(2,3)23-17(22)21-16-8-6-14(7-9-16)11-20-13-15-5-4-10-19-12-15/h6-9,15,19-20H,4-5,10-13H2,1-3H3,(H,21,22). The van der Waals surface area contributed by atoms with E-state index in [1.54, 1.807) is 0 Å². The van der Waals surface area contributed by atoms with Gasteiger partial charge in [-0.2, -0.15) is 0 Å². The molecule has 5 nitrogen and oxygen atoms in total. The first-order valence-electron chi connectivity index (χ1n) is 8.43. The van der Waals surface area contributed by atoms with Gasteiger partial charge < -0.3 is 15.4 Å². The van der Waals surface area contributed by atoms with Gasteiger partial charge in [-0.25, -0.2) is 4.79 Å². The number of carbonyl (C=O) groups is 1. The van der Waals surface area contributed by atoms with Gasteiger partial charge in [0.05, 0.1) is 0 Å². The third kappa shape index (κ3) is 7.01. The zero-order valence-electron chi connectivity index (χ0n) is 14.4. The highest BCUT2D eigenvalue weighted by molar-refractivity contribution is 5.84. The van der Waals surface area contributed by atoms with Gasteiger partial charge in [-0.3, -0.25) is 5.32 Å². The Hall–Kier alpha value is -1.59. The summed E-state index contributed by atoms with van der Waals surface area (Å²) in [6, 6.07) is 7.86. The van der Waals surface area contributed by atoms with E-state index in [0.29, 0.717) is 0 Å². The average Bonchev–Trinajstić information content (AvgIpc) is 2.48. The van der Waals surface area contributed by atoms with Gasteiger partial charge in [-0.1, -0.05) is 12.1 Å². The number of piperidine rings is 1. The summed E-state index contributed by atoms with van der Waals surface area (Å²) in [6.07, 6.45) is 2.16. The molecule has 0 radical (unpaired) electrons. The number of anilines is 1. The van der Waals surface area contributed by atoms with Gasteiger partial charge in [-0.05, 0) is 76.9 Å². The molecule has 1 fully saturated rings. The molecule has 23 heavy (non-hydrogen) atoms. The second-order valence-corrected chi connectivity index (χ2v) is 7.17. The van der Waals surface area contributed by atoms with Gasteiger partial charge in [0.25, 0.3) is 0 Å². The molecule has 1 heterocycles. The second-order valence-electron chi connectivity index (χ2n) is 7.17. The van der Waals surface area contributed by atoms with E-state index < -0.39 is 11.7 Å². The minimum Gasteiger partial charge on any atom is -0.444 e. The number of hydrogen-bond donors (Lipinski definition) is 3. The summed E-state index contributed by atoms with van der Waals surface area (Å²) in [4.78, 5) is 11.7. The highest BCUT2D eigenvalue weighted by Gasteiger charge is 2.16. The van der Waals surface area contributed by atoms with E-state index in [1.165, 1.54) is 18.4 Å². The van der Waals surface area contributed by atoms with Crippen molar-refractivity contribution in [1.29, 1.82) is 0 Å². The minimum absolute atomic E-state index is 0.423. The van der Waals surface area contributed by atoms with Crippen molar-refractivity contribution < 1.29 is 9.53 Å². The van der Waals surface area contributed by atoms with Crippen LogP contribution in [0.3, 0.4) is 0 Å². The number of rotatable bonds is 5. The fourth-order valence-corrected chi connectivity index (χ4v) is 2.65. The third-order valence-corrected chi connectivity index (χ3v) is 3.76. The van der Waals surface area contributed by atoms with Crippen LogP contribution >= 0.6 is 0 Å². The summed E-state index contributed by atoms with van der Waals surface area (Å²) in [6.45, 7) is 9.72. The second kappa shape index (κ2) is 8.31. The number of carbonyl (C=O) groups excluding carboxylic acids is 1. The van der Waals surface area contributed by atoms with Crippen LogP contribution in [0.2, 0.25) is 0 Å². The lowest BCUT2D eigenvalue weighted by Crippen LogP contribution is -2.35. The first kappa shape index (κ1) is 17.8. The molecule has 0 aromatic heterocycles. The van der Waals surface area contributed by atoms with Crippen molar-refractivity contribution in [2.24, 2.45) is 5.92 Å². The van der Waals surface area contributed by atoms with Crippen molar-refractivity contribution >= 4 is 11.8 Å². The van der Waals surface area contributed by atoms with Crippen LogP contribution in [0.5, 0.6) is 0 Å². The van der Waals surface area contributed by atoms with Crippen LogP contribution < -0.4 is 16.0 Å². The normalized spacial score (nSPS) is 18.5. The van der Waals surface area contributed by atoms with Gasteiger partial charge in [0.2, 0.25) is 0 Å². The smallest absolute Gasteiger partial charge is 0.412 e. The van der Waals surface area contributed by atoms with Gasteiger partial charge in [-0.15, -0.1) is 0 Å². The van der Waals surface area contributed by atoms with Crippen molar-refractivity contribution in [2.75, 3.05) is 25.0 Å². The first-order valence-corrected chi connectivity index (χ1v) is 8.43. The Morgan fingerprint density at radius 2 is 2.04 bits per heavy atom. The molecule has 1 aromatic rings. The SMILES string of the molecule is CC(C)(C)OC(=O)Nc1ccc(CNCC2CCCNC2)cc1. The predicted octanol–water partition coefficient (Wildman–Crippen LogP) is 3.12. The van der Waals surface area contributed by atoms with Gasteiger partial charge >= 0.3 is 6.09 Å². The molecule has 1 aliphatic rings. The topological polar surface area (TPSA) is 62.4 Å². The van der Waals surface area contributed by atoms with E-state index >= 15 is 0 Å². The van der Waals surface area contributed by atoms with E-state index in [0.717, 1.165) is 37.8 Å². The van der Waals surface area contributed by atoms with Crippen molar-refractivity contribution in [3.8, 4) is 0 Å². The van der Waals surface area contributed by atoms with Crippen LogP contribution in [-0.2, 0) is 11.3 Å². The molecule has 1 saturated heterocycles. The zero-order valence-corrected chi connectivity index (χ0v) is 14.4. The van der Waals surface area contributed by atoms with Crippen LogP contribution in [0.1, 0.15) is 39.2 Å². The Kier molecular flexibility index (Phi) is 6.42. The van der Waals surface area contributed by atoms with E-state index in [9.17, 15) is 4.79 Å². The minimum atomic E-state index is -0.484. The molecule has 3 N–H and O–H groups in total. The van der Waals surface area contributed by atoms with E-state index in [4.69, 9.17) is 4.74 Å². The number of nitrogens with one attached hydrogen (secondary N) is 3. The summed E-state index contributed by atoms with van der Waals surface area (Å²) in [5, 5.41) is 9.69. The molecular weight excluding hydrogens is 290 g/mol. The monoisotopic (exact) mass is 319 g/mol. The average molecular weight is 319 g/mol. The Bertz CT molecular complexity index is 488. The lowest BCUT2D eigenvalue weighted by atomic mass is 10.00. The molecule has 2 rings (SSSR count). The molecule has 0 bridgehead atoms. The molecule has 1 unspecified atom stereocenters. The quantitative estimate of drug-likeness (QED) is 0.780. The lowest BCUT2D eigenvalue weighted by molar-refractivity contribution is 0.0636. The third-order valence-electron chi connectivity index (χ3n) is 3.76. The number of ether oxygens (including phenoxy) is 1. The van der Waals surface area contributed by atoms with E-state index in [1.807, 2.05) is 45.0 Å². The van der Waals surface area contributed by atoms with Gasteiger partial charge in [0.1, 0.15) is 5.60 Å². The molecular formula is C18H29N3O2. The Morgan fingerprint density at radius 1 is 1.30 bits per heavy atom. The largest absolute Gasteiger partial charge is 0.444 e. The molecule has 5 heteroatoms. The number of hydrogen-bond acceptors (Lipinski definition) is 4. The van der Waals surface area contributed by atoms with E-state index in [-0.39, 0.29) is 0 Å². The Balaban J connectivity index is 1.72. The fourth-order valence-electron chi connectivity index (χ4n) is 2.65. The highest BCUT2D eigenvalue weighted by atomic mass is 16.6. The fraction of sp³-hybridized carbons (Fsp3) is 0.611. The molecule has 1 aliphatic heterocycles. The van der Waals surface area contributed by atoms with Gasteiger partial charge in [0.15, 0.2) is 0 Å². The van der Waals surface area contributed by atoms with Crippen molar-refractivity contribution in [3.63, 3.8) is 0 Å². The van der Waals surface area contributed by atoms with Crippen LogP contribution in [0.15, 0.2) is 24.3 Å². The maximum Gasteiger partial charge on any atom is 0.412 e. The Morgan fingerprint density at radius 3 is 2.65 bits per heavy atom. The zero-order chi connectivity index (χ0) is 16.7. The molecule has 0 aliphatic carbocycles. The highest BCUT2D eigenvalue weighted by Crippen LogP contribution is 2.13. The van der Waals surface area contributed by atoms with Crippen molar-refractivity contribution in [3.05, 3.63) is 29.8 Å². The number of amides is 1. The first-order chi connectivity index (χ1) is 10.9. The van der Waals surface area contributed by atoms with Crippen LogP contribution in [0.25, 0.3) is 0 Å². The predicted molar refractivity (Wildman–Crippen MR) is 93.6 cm³/mol. The van der Waals surface area contributed by atoms with Crippen molar-refractivity contribution in [2.45, 2.75) is 45.8 Å². The lowest BCUT2D eigenvalue weighted by Gasteiger charge is -2.23. The van der Waals surface area contributed by atoms with Crippen LogP contribution in [0.4, 0.5) is 10.5 Å². The molecule has 0 spiro atoms. The molecule has 128 valence electrons. The van der Waals surface area contributed by atoms with Gasteiger partial charge in [0, 0.05) is 12.2 Å². The number of benzene rings is 1. The maximum absolute atomic E-state index is 11.7. The summed E-state index contributed by atoms with van der Waals surface area (Å²) in [7, 11) is 0. The van der Waals surface area contributed by atoms with Crippen molar-refractivity contribution in [1.82, 2.24) is 10.6 Å². The molecule has 1 atom stereocenters. The molecule has 1 aromatic carbocycles. The van der Waals surface area contributed by atoms with Crippen LogP contribution in [0, 0.1) is 5.92 Å². The summed E-state index contributed by atoms with van der Waals surface area (Å²) < 4.78 is 5.24. The Labute approximate surface area is 139 Å². The van der Waals surface area contributed by atoms with Crippen LogP contribution in [-0.4, -0.2) is 31.3 Å². The summed E-state index contributed by atoms with van der Waals surface area (Å²) >= 11 is 0. The molecule has 0 saturated carbocycles. The summed E-state index contributed by atoms with van der Waals surface area (Å²) in [5.74, 6) is 0.733. The summed E-state index contributed by atoms with van der Waals surface area (Å²) in [5.41, 5.74) is 1.48. The maximum atomic E-state index is 11.7. The molecule has 1 amide bonds. The van der Waals surface area contributed by atoms with E-state index in [2.05, 4.69) is 16.0 Å².